The Morgan fingerprint density at radius 2 is 1.14 bits per heavy atom. The lowest BCUT2D eigenvalue weighted by Crippen LogP contribution is -2.20. The van der Waals surface area contributed by atoms with Crippen LogP contribution in [0.1, 0.15) is 70.4 Å². The smallest absolute Gasteiger partial charge is 0.0547 e. The molecule has 0 aliphatic heterocycles. The summed E-state index contributed by atoms with van der Waals surface area (Å²) >= 11 is 4.11. The van der Waals surface area contributed by atoms with Gasteiger partial charge >= 0.3 is 0 Å². The standard InChI is InChI=1S/C38H46N2S2/c1-2-3-22-39-23-25-42-38(32-18-11-6-12-19-32)34-21-13-20-33(27-34)36-28-35(36)29-40-24-26-41-37(30-14-7-4-8-15-30)31-16-9-5-10-17-31/h4-21,27,35-40H,2-3,22-26,28-29H2,1H3. The average molecular weight is 595 g/mol. The minimum absolute atomic E-state index is 0.383. The lowest BCUT2D eigenvalue weighted by Gasteiger charge is -2.19. The van der Waals surface area contributed by atoms with Gasteiger partial charge in [0.2, 0.25) is 0 Å². The van der Waals surface area contributed by atoms with E-state index < -0.39 is 0 Å². The Bertz CT molecular complexity index is 1260. The van der Waals surface area contributed by atoms with Gasteiger partial charge in [0.1, 0.15) is 0 Å². The zero-order valence-corrected chi connectivity index (χ0v) is 26.6. The van der Waals surface area contributed by atoms with Crippen molar-refractivity contribution in [2.75, 3.05) is 37.7 Å². The second-order valence-corrected chi connectivity index (χ2v) is 13.7. The van der Waals surface area contributed by atoms with E-state index in [1.165, 1.54) is 47.1 Å². The van der Waals surface area contributed by atoms with Gasteiger partial charge in [-0.15, -0.1) is 23.5 Å². The molecule has 1 fully saturated rings. The van der Waals surface area contributed by atoms with Crippen LogP contribution in [-0.4, -0.2) is 37.7 Å². The van der Waals surface area contributed by atoms with Crippen molar-refractivity contribution in [1.82, 2.24) is 10.6 Å². The topological polar surface area (TPSA) is 24.1 Å². The van der Waals surface area contributed by atoms with E-state index in [-0.39, 0.29) is 0 Å². The maximum Gasteiger partial charge on any atom is 0.0547 e. The van der Waals surface area contributed by atoms with E-state index in [0.717, 1.165) is 43.6 Å². The Hall–Kier alpha value is -2.50. The van der Waals surface area contributed by atoms with Crippen LogP contribution in [-0.2, 0) is 0 Å². The van der Waals surface area contributed by atoms with Crippen molar-refractivity contribution in [2.24, 2.45) is 5.92 Å². The molecule has 1 saturated carbocycles. The molecule has 1 aliphatic carbocycles. The van der Waals surface area contributed by atoms with Crippen LogP contribution in [0.5, 0.6) is 0 Å². The Labute approximate surface area is 262 Å². The van der Waals surface area contributed by atoms with E-state index in [2.05, 4.69) is 145 Å². The summed E-state index contributed by atoms with van der Waals surface area (Å²) in [6, 6.07) is 42.4. The minimum atomic E-state index is 0.383. The van der Waals surface area contributed by atoms with Gasteiger partial charge in [-0.25, -0.2) is 0 Å². The van der Waals surface area contributed by atoms with Crippen molar-refractivity contribution in [3.8, 4) is 0 Å². The molecule has 2 N–H and O–H groups in total. The highest BCUT2D eigenvalue weighted by Gasteiger charge is 2.38. The molecule has 3 atom stereocenters. The van der Waals surface area contributed by atoms with Gasteiger partial charge in [-0.05, 0) is 65.6 Å². The quantitative estimate of drug-likeness (QED) is 0.112. The van der Waals surface area contributed by atoms with Crippen molar-refractivity contribution >= 4 is 23.5 Å². The summed E-state index contributed by atoms with van der Waals surface area (Å²) in [6.07, 6.45) is 3.80. The van der Waals surface area contributed by atoms with E-state index >= 15 is 0 Å². The van der Waals surface area contributed by atoms with Gasteiger partial charge in [0, 0.05) is 24.6 Å². The molecule has 0 saturated heterocycles. The van der Waals surface area contributed by atoms with E-state index in [4.69, 9.17) is 0 Å². The molecule has 5 rings (SSSR count). The molecule has 0 heterocycles. The van der Waals surface area contributed by atoms with Crippen LogP contribution >= 0.6 is 23.5 Å². The van der Waals surface area contributed by atoms with Crippen LogP contribution in [0.4, 0.5) is 0 Å². The van der Waals surface area contributed by atoms with E-state index in [1.54, 1.807) is 0 Å². The molecule has 42 heavy (non-hydrogen) atoms. The number of hydrogen-bond acceptors (Lipinski definition) is 4. The third kappa shape index (κ3) is 9.25. The molecular formula is C38H46N2S2. The number of rotatable bonds is 18. The summed E-state index contributed by atoms with van der Waals surface area (Å²) in [4.78, 5) is 0. The van der Waals surface area contributed by atoms with Crippen LogP contribution < -0.4 is 10.6 Å². The van der Waals surface area contributed by atoms with Gasteiger partial charge in [-0.1, -0.05) is 129 Å². The van der Waals surface area contributed by atoms with Crippen LogP contribution in [0.2, 0.25) is 0 Å². The first kappa shape index (κ1) is 30.9. The Balaban J connectivity index is 1.11. The highest BCUT2D eigenvalue weighted by molar-refractivity contribution is 8.00. The molecule has 0 amide bonds. The fraction of sp³-hybridized carbons (Fsp3) is 0.368. The van der Waals surface area contributed by atoms with Crippen molar-refractivity contribution in [2.45, 2.75) is 42.6 Å². The fourth-order valence-electron chi connectivity index (χ4n) is 5.70. The maximum atomic E-state index is 3.79. The first-order chi connectivity index (χ1) is 20.8. The Morgan fingerprint density at radius 1 is 0.619 bits per heavy atom. The molecular weight excluding hydrogens is 549 g/mol. The minimum Gasteiger partial charge on any atom is -0.316 e. The highest BCUT2D eigenvalue weighted by Crippen LogP contribution is 2.48. The molecule has 0 radical (unpaired) electrons. The summed E-state index contributed by atoms with van der Waals surface area (Å²) in [7, 11) is 0. The second kappa shape index (κ2) is 17.0. The van der Waals surface area contributed by atoms with Crippen molar-refractivity contribution in [3.63, 3.8) is 0 Å². The monoisotopic (exact) mass is 594 g/mol. The van der Waals surface area contributed by atoms with Crippen LogP contribution in [0, 0.1) is 5.92 Å². The predicted octanol–water partition coefficient (Wildman–Crippen LogP) is 9.11. The summed E-state index contributed by atoms with van der Waals surface area (Å²) < 4.78 is 0. The maximum absolute atomic E-state index is 3.79. The third-order valence-corrected chi connectivity index (χ3v) is 10.7. The Morgan fingerprint density at radius 3 is 1.71 bits per heavy atom. The summed E-state index contributed by atoms with van der Waals surface area (Å²) in [5.41, 5.74) is 7.14. The normalized spacial score (nSPS) is 16.9. The van der Waals surface area contributed by atoms with Crippen LogP contribution in [0.3, 0.4) is 0 Å². The van der Waals surface area contributed by atoms with Gasteiger partial charge in [-0.2, -0.15) is 0 Å². The first-order valence-corrected chi connectivity index (χ1v) is 17.8. The largest absolute Gasteiger partial charge is 0.316 e. The van der Waals surface area contributed by atoms with E-state index in [9.17, 15) is 0 Å². The first-order valence-electron chi connectivity index (χ1n) is 15.7. The number of nitrogens with one attached hydrogen (secondary N) is 2. The number of hydrogen-bond donors (Lipinski definition) is 2. The molecule has 2 nitrogen and oxygen atoms in total. The van der Waals surface area contributed by atoms with Gasteiger partial charge < -0.3 is 10.6 Å². The lowest BCUT2D eigenvalue weighted by atomic mass is 10.00. The fourth-order valence-corrected chi connectivity index (χ4v) is 8.08. The van der Waals surface area contributed by atoms with Gasteiger partial charge in [0.25, 0.3) is 0 Å². The molecule has 4 aromatic carbocycles. The summed E-state index contributed by atoms with van der Waals surface area (Å²) in [6.45, 7) is 6.60. The average Bonchev–Trinajstić information content (AvgIpc) is 3.83. The number of thioether (sulfide) groups is 2. The summed E-state index contributed by atoms with van der Waals surface area (Å²) in [5.74, 6) is 3.65. The SMILES string of the molecule is CCCCNCCSC(c1ccccc1)c1cccc(C2CC2CNCCSC(c2ccccc2)c2ccccc2)c1. The molecule has 4 heteroatoms. The summed E-state index contributed by atoms with van der Waals surface area (Å²) in [5, 5.41) is 8.16. The van der Waals surface area contributed by atoms with Crippen molar-refractivity contribution in [3.05, 3.63) is 143 Å². The van der Waals surface area contributed by atoms with Gasteiger partial charge in [0.05, 0.1) is 10.5 Å². The predicted molar refractivity (Wildman–Crippen MR) is 186 cm³/mol. The van der Waals surface area contributed by atoms with Gasteiger partial charge in [-0.3, -0.25) is 0 Å². The highest BCUT2D eigenvalue weighted by atomic mass is 32.2. The third-order valence-electron chi connectivity index (χ3n) is 8.11. The molecule has 0 aromatic heterocycles. The van der Waals surface area contributed by atoms with Crippen molar-refractivity contribution < 1.29 is 0 Å². The van der Waals surface area contributed by atoms with Gasteiger partial charge in [0.15, 0.2) is 0 Å². The zero-order chi connectivity index (χ0) is 28.8. The second-order valence-electron chi connectivity index (χ2n) is 11.3. The molecule has 1 aliphatic rings. The van der Waals surface area contributed by atoms with E-state index in [0.29, 0.717) is 16.4 Å². The Kier molecular flexibility index (Phi) is 12.5. The van der Waals surface area contributed by atoms with Crippen molar-refractivity contribution in [1.29, 1.82) is 0 Å². The molecule has 220 valence electrons. The molecule has 4 aromatic rings. The number of unbranched alkanes of at least 4 members (excludes halogenated alkanes) is 1. The molecule has 3 unspecified atom stereocenters. The lowest BCUT2D eigenvalue weighted by molar-refractivity contribution is 0.652. The van der Waals surface area contributed by atoms with Crippen LogP contribution in [0.15, 0.2) is 115 Å². The molecule has 0 bridgehead atoms. The zero-order valence-electron chi connectivity index (χ0n) is 25.0. The number of benzene rings is 4. The molecule has 0 spiro atoms. The van der Waals surface area contributed by atoms with E-state index in [1.807, 2.05) is 11.8 Å². The van der Waals surface area contributed by atoms with Crippen LogP contribution in [0.25, 0.3) is 0 Å².